The van der Waals surface area contributed by atoms with E-state index in [1.54, 1.807) is 0 Å². The van der Waals surface area contributed by atoms with Crippen LogP contribution in [0.4, 0.5) is 0 Å². The topological polar surface area (TPSA) is 25.2 Å². The second kappa shape index (κ2) is 6.56. The van der Waals surface area contributed by atoms with Crippen molar-refractivity contribution in [2.45, 2.75) is 84.7 Å². The predicted molar refractivity (Wildman–Crippen MR) is 89.7 cm³/mol. The molecule has 120 valence electrons. The molecular weight excluding hydrogens is 258 g/mol. The van der Waals surface area contributed by atoms with E-state index < -0.39 is 0 Å². The van der Waals surface area contributed by atoms with E-state index in [1.807, 2.05) is 6.92 Å². The molecule has 1 fully saturated rings. The zero-order valence-corrected chi connectivity index (χ0v) is 14.7. The van der Waals surface area contributed by atoms with E-state index in [9.17, 15) is 0 Å². The quantitative estimate of drug-likeness (QED) is 0.820. The standard InChI is InChI=1S/C19H33NO/c1-13-8-7-9-17(16(13)4)20-14(2)12-19(5,6)18-11-10-15(3)21-18/h10-11,13-14,16-17,20H,7-9,12H2,1-6H3/t13-,14+,16-,17+/m0/s1. The highest BCUT2D eigenvalue weighted by atomic mass is 16.3. The number of nitrogens with one attached hydrogen (secondary N) is 1. The smallest absolute Gasteiger partial charge is 0.109 e. The molecule has 0 radical (unpaired) electrons. The maximum atomic E-state index is 5.85. The van der Waals surface area contributed by atoms with Crippen LogP contribution in [0.15, 0.2) is 16.5 Å². The molecule has 1 saturated carbocycles. The Kier molecular flexibility index (Phi) is 5.19. The van der Waals surface area contributed by atoms with E-state index in [0.29, 0.717) is 12.1 Å². The van der Waals surface area contributed by atoms with Gasteiger partial charge < -0.3 is 9.73 Å². The number of hydrogen-bond donors (Lipinski definition) is 1. The molecule has 0 spiro atoms. The molecule has 1 aromatic rings. The van der Waals surface area contributed by atoms with Crippen LogP contribution in [0.3, 0.4) is 0 Å². The highest BCUT2D eigenvalue weighted by Crippen LogP contribution is 2.32. The molecule has 0 amide bonds. The third-order valence-corrected chi connectivity index (χ3v) is 5.43. The molecule has 0 saturated heterocycles. The van der Waals surface area contributed by atoms with Gasteiger partial charge in [0.15, 0.2) is 0 Å². The largest absolute Gasteiger partial charge is 0.466 e. The molecule has 1 heterocycles. The van der Waals surface area contributed by atoms with E-state index in [2.05, 4.69) is 52.1 Å². The van der Waals surface area contributed by atoms with Gasteiger partial charge in [0.05, 0.1) is 0 Å². The number of rotatable bonds is 5. The van der Waals surface area contributed by atoms with Gasteiger partial charge in [-0.15, -0.1) is 0 Å². The normalized spacial score (nSPS) is 28.6. The lowest BCUT2D eigenvalue weighted by Gasteiger charge is -2.38. The minimum atomic E-state index is 0.0875. The number of hydrogen-bond acceptors (Lipinski definition) is 2. The van der Waals surface area contributed by atoms with Crippen molar-refractivity contribution in [3.8, 4) is 0 Å². The Hall–Kier alpha value is -0.760. The minimum Gasteiger partial charge on any atom is -0.466 e. The molecule has 0 aliphatic heterocycles. The first kappa shape index (κ1) is 16.6. The van der Waals surface area contributed by atoms with Gasteiger partial charge in [-0.3, -0.25) is 0 Å². The SMILES string of the molecule is Cc1ccc(C(C)(C)C[C@@H](C)N[C@@H]2CCC[C@H](C)[C@@H]2C)o1. The summed E-state index contributed by atoms with van der Waals surface area (Å²) in [4.78, 5) is 0. The second-order valence-electron chi connectivity index (χ2n) is 7.94. The molecule has 0 bridgehead atoms. The molecule has 21 heavy (non-hydrogen) atoms. The highest BCUT2D eigenvalue weighted by Gasteiger charge is 2.31. The third-order valence-electron chi connectivity index (χ3n) is 5.43. The summed E-state index contributed by atoms with van der Waals surface area (Å²) in [5, 5.41) is 3.89. The maximum Gasteiger partial charge on any atom is 0.109 e. The fourth-order valence-corrected chi connectivity index (χ4v) is 3.91. The highest BCUT2D eigenvalue weighted by molar-refractivity contribution is 5.15. The van der Waals surface area contributed by atoms with E-state index in [-0.39, 0.29) is 5.41 Å². The van der Waals surface area contributed by atoms with Crippen LogP contribution >= 0.6 is 0 Å². The summed E-state index contributed by atoms with van der Waals surface area (Å²) in [6.07, 6.45) is 5.20. The van der Waals surface area contributed by atoms with Gasteiger partial charge in [0.25, 0.3) is 0 Å². The van der Waals surface area contributed by atoms with Crippen LogP contribution in [0.1, 0.15) is 71.8 Å². The Balaban J connectivity index is 1.93. The molecule has 1 N–H and O–H groups in total. The molecule has 1 aromatic heterocycles. The van der Waals surface area contributed by atoms with Crippen molar-refractivity contribution in [2.75, 3.05) is 0 Å². The molecule has 1 aliphatic carbocycles. The Morgan fingerprint density at radius 3 is 2.62 bits per heavy atom. The van der Waals surface area contributed by atoms with Crippen LogP contribution in [0.5, 0.6) is 0 Å². The summed E-state index contributed by atoms with van der Waals surface area (Å²) in [6, 6.07) is 5.40. The van der Waals surface area contributed by atoms with Crippen molar-refractivity contribution in [2.24, 2.45) is 11.8 Å². The van der Waals surface area contributed by atoms with E-state index in [4.69, 9.17) is 4.42 Å². The summed E-state index contributed by atoms with van der Waals surface area (Å²) >= 11 is 0. The number of furan rings is 1. The first-order valence-corrected chi connectivity index (χ1v) is 8.62. The fraction of sp³-hybridized carbons (Fsp3) is 0.789. The molecule has 0 aromatic carbocycles. The zero-order chi connectivity index (χ0) is 15.6. The summed E-state index contributed by atoms with van der Waals surface area (Å²) in [7, 11) is 0. The predicted octanol–water partition coefficient (Wildman–Crippen LogP) is 5.06. The Morgan fingerprint density at radius 1 is 1.29 bits per heavy atom. The number of aryl methyl sites for hydroxylation is 1. The lowest BCUT2D eigenvalue weighted by Crippen LogP contribution is -2.46. The van der Waals surface area contributed by atoms with Gasteiger partial charge in [-0.1, -0.05) is 40.5 Å². The summed E-state index contributed by atoms with van der Waals surface area (Å²) in [5.41, 5.74) is 0.0875. The third kappa shape index (κ3) is 4.12. The zero-order valence-electron chi connectivity index (χ0n) is 14.7. The van der Waals surface area contributed by atoms with Crippen LogP contribution in [0.25, 0.3) is 0 Å². The van der Waals surface area contributed by atoms with Crippen molar-refractivity contribution in [1.29, 1.82) is 0 Å². The van der Waals surface area contributed by atoms with Gasteiger partial charge >= 0.3 is 0 Å². The average Bonchev–Trinajstić information content (AvgIpc) is 2.82. The lowest BCUT2D eigenvalue weighted by molar-refractivity contribution is 0.186. The molecule has 0 unspecified atom stereocenters. The Labute approximate surface area is 130 Å². The Morgan fingerprint density at radius 2 is 2.00 bits per heavy atom. The Bertz CT molecular complexity index is 448. The average molecular weight is 291 g/mol. The molecule has 2 nitrogen and oxygen atoms in total. The van der Waals surface area contributed by atoms with E-state index in [1.165, 1.54) is 19.3 Å². The van der Waals surface area contributed by atoms with Crippen LogP contribution in [0.2, 0.25) is 0 Å². The van der Waals surface area contributed by atoms with Gasteiger partial charge in [0, 0.05) is 17.5 Å². The van der Waals surface area contributed by atoms with Crippen LogP contribution in [-0.2, 0) is 5.41 Å². The van der Waals surface area contributed by atoms with Crippen LogP contribution < -0.4 is 5.32 Å². The summed E-state index contributed by atoms with van der Waals surface area (Å²) in [5.74, 6) is 3.76. The van der Waals surface area contributed by atoms with Gasteiger partial charge in [-0.2, -0.15) is 0 Å². The molecular formula is C19H33NO. The van der Waals surface area contributed by atoms with Gasteiger partial charge in [-0.25, -0.2) is 0 Å². The van der Waals surface area contributed by atoms with Gasteiger partial charge in [0.2, 0.25) is 0 Å². The van der Waals surface area contributed by atoms with Gasteiger partial charge in [-0.05, 0) is 50.7 Å². The molecule has 2 rings (SSSR count). The van der Waals surface area contributed by atoms with Crippen molar-refractivity contribution in [1.82, 2.24) is 5.32 Å². The van der Waals surface area contributed by atoms with Crippen molar-refractivity contribution < 1.29 is 4.42 Å². The van der Waals surface area contributed by atoms with Gasteiger partial charge in [0.1, 0.15) is 11.5 Å². The van der Waals surface area contributed by atoms with Crippen LogP contribution in [0, 0.1) is 18.8 Å². The van der Waals surface area contributed by atoms with Crippen LogP contribution in [-0.4, -0.2) is 12.1 Å². The first-order chi connectivity index (χ1) is 9.79. The first-order valence-electron chi connectivity index (χ1n) is 8.62. The lowest BCUT2D eigenvalue weighted by atomic mass is 9.77. The van der Waals surface area contributed by atoms with Crippen molar-refractivity contribution >= 4 is 0 Å². The monoisotopic (exact) mass is 291 g/mol. The summed E-state index contributed by atoms with van der Waals surface area (Å²) < 4.78 is 5.85. The summed E-state index contributed by atoms with van der Waals surface area (Å²) in [6.45, 7) is 13.7. The van der Waals surface area contributed by atoms with Crippen molar-refractivity contribution in [3.05, 3.63) is 23.7 Å². The second-order valence-corrected chi connectivity index (χ2v) is 7.94. The van der Waals surface area contributed by atoms with E-state index >= 15 is 0 Å². The molecule has 1 aliphatic rings. The minimum absolute atomic E-state index is 0.0875. The fourth-order valence-electron chi connectivity index (χ4n) is 3.91. The molecule has 2 heteroatoms. The van der Waals surface area contributed by atoms with Crippen molar-refractivity contribution in [3.63, 3.8) is 0 Å². The van der Waals surface area contributed by atoms with E-state index in [0.717, 1.165) is 29.8 Å². The maximum absolute atomic E-state index is 5.85. The molecule has 4 atom stereocenters.